The van der Waals surface area contributed by atoms with Crippen LogP contribution in [0.3, 0.4) is 0 Å². The zero-order chi connectivity index (χ0) is 51.6. The van der Waals surface area contributed by atoms with Gasteiger partial charge in [-0.2, -0.15) is 15.3 Å². The molecule has 6 aromatic heterocycles. The van der Waals surface area contributed by atoms with Gasteiger partial charge < -0.3 is 25.8 Å². The van der Waals surface area contributed by atoms with E-state index in [9.17, 15) is 14.4 Å². The maximum absolute atomic E-state index is 11.8. The van der Waals surface area contributed by atoms with E-state index < -0.39 is 11.9 Å². The van der Waals surface area contributed by atoms with Crippen molar-refractivity contribution in [2.75, 3.05) is 21.3 Å². The number of ether oxygens (including phenoxy) is 3. The molecule has 0 spiro atoms. The van der Waals surface area contributed by atoms with E-state index in [1.54, 1.807) is 40.3 Å². The molecule has 6 heterocycles. The maximum atomic E-state index is 11.8. The molecule has 0 saturated carbocycles. The van der Waals surface area contributed by atoms with Crippen molar-refractivity contribution in [3.8, 4) is 0 Å². The second-order valence-electron chi connectivity index (χ2n) is 14.0. The Morgan fingerprint density at radius 3 is 1.56 bits per heavy atom. The Morgan fingerprint density at radius 2 is 1.12 bits per heavy atom. The fraction of sp³-hybridized carbons (Fsp3) is 0.130. The van der Waals surface area contributed by atoms with Crippen LogP contribution in [0.5, 0.6) is 0 Å². The number of benzene rings is 3. The van der Waals surface area contributed by atoms with E-state index in [0.717, 1.165) is 60.1 Å². The van der Waals surface area contributed by atoms with Crippen LogP contribution in [0.15, 0.2) is 110 Å². The number of esters is 3. The van der Waals surface area contributed by atoms with Crippen LogP contribution >= 0.6 is 114 Å². The molecule has 0 amide bonds. The van der Waals surface area contributed by atoms with Crippen molar-refractivity contribution < 1.29 is 148 Å². The molecule has 0 bridgehead atoms. The molecule has 0 radical (unpaired) electrons. The second-order valence-corrected chi connectivity index (χ2v) is 19.0. The number of nitrogens with zero attached hydrogens (tertiary/aromatic N) is 8. The fourth-order valence-electron chi connectivity index (χ4n) is 6.11. The number of hydrogen-bond acceptors (Lipinski definition) is 15. The van der Waals surface area contributed by atoms with E-state index in [4.69, 9.17) is 65.9 Å². The van der Waals surface area contributed by atoms with Crippen molar-refractivity contribution in [1.82, 2.24) is 44.7 Å². The number of carbonyl (C=O) groups is 4. The first kappa shape index (κ1) is 65.3. The third-order valence-electron chi connectivity index (χ3n) is 9.26. The molecule has 3 aromatic carbocycles. The molecule has 0 atom stereocenters. The molecule has 18 nitrogen and oxygen atoms in total. The van der Waals surface area contributed by atoms with Crippen LogP contribution in [0.25, 0.3) is 32.7 Å². The molecule has 9 rings (SSSR count). The SMILES string of the molecule is COC(=O)c1[nH]ncc1I.COC(=O)c1c(I)cnn1Cc1ccc2ncc(Cl)cc2c1.COC(=O)c1nn(Cc2ccc3ncc(Cl)cc3c2)cc1I.ClCc1ccc2ncc(Cl)cc2c1.O=CO[O-].[H-].[K+].[K+]. The molecule has 9 aromatic rings. The number of aromatic amines is 1. The Morgan fingerprint density at radius 1 is 0.658 bits per heavy atom. The van der Waals surface area contributed by atoms with E-state index in [1.807, 2.05) is 102 Å². The van der Waals surface area contributed by atoms with Gasteiger partial charge in [0.1, 0.15) is 0 Å². The number of nitrogens with one attached hydrogen (secondary N) is 1. The molecule has 0 saturated heterocycles. The topological polar surface area (TPSA) is 231 Å². The summed E-state index contributed by atoms with van der Waals surface area (Å²) in [6.45, 7) is 0.839. The minimum Gasteiger partial charge on any atom is -1.00 e. The fourth-order valence-corrected chi connectivity index (χ4v) is 8.53. The third kappa shape index (κ3) is 19.7. The number of aromatic nitrogens is 9. The molecule has 27 heteroatoms. The van der Waals surface area contributed by atoms with Crippen molar-refractivity contribution in [3.05, 3.63) is 170 Å². The molecular weight excluding hydrogens is 1420 g/mol. The van der Waals surface area contributed by atoms with Gasteiger partial charge in [0.15, 0.2) is 17.1 Å². The zero-order valence-corrected chi connectivity index (χ0v) is 54.7. The normalized spacial score (nSPS) is 10.0. The van der Waals surface area contributed by atoms with E-state index in [2.05, 4.69) is 90.2 Å². The van der Waals surface area contributed by atoms with E-state index in [-0.39, 0.29) is 117 Å². The number of methoxy groups -OCH3 is 3. The van der Waals surface area contributed by atoms with Crippen molar-refractivity contribution in [1.29, 1.82) is 0 Å². The molecule has 0 aliphatic heterocycles. The van der Waals surface area contributed by atoms with E-state index in [1.165, 1.54) is 21.3 Å². The quantitative estimate of drug-likeness (QED) is 0.0314. The predicted molar refractivity (Wildman–Crippen MR) is 291 cm³/mol. The van der Waals surface area contributed by atoms with Gasteiger partial charge in [0.25, 0.3) is 6.47 Å². The summed E-state index contributed by atoms with van der Waals surface area (Å²) in [6, 6.07) is 23.4. The largest absolute Gasteiger partial charge is 1.00 e. The van der Waals surface area contributed by atoms with Crippen LogP contribution in [0.4, 0.5) is 0 Å². The predicted octanol–water partition coefficient (Wildman–Crippen LogP) is 4.03. The summed E-state index contributed by atoms with van der Waals surface area (Å²) in [5.41, 5.74) is 7.02. The van der Waals surface area contributed by atoms with Gasteiger partial charge in [-0.1, -0.05) is 53.0 Å². The van der Waals surface area contributed by atoms with Gasteiger partial charge in [-0.15, -0.1) is 11.6 Å². The summed E-state index contributed by atoms with van der Waals surface area (Å²) >= 11 is 29.6. The first-order chi connectivity index (χ1) is 34.1. The van der Waals surface area contributed by atoms with Crippen molar-refractivity contribution in [2.24, 2.45) is 0 Å². The van der Waals surface area contributed by atoms with Gasteiger partial charge in [-0.25, -0.2) is 14.4 Å². The van der Waals surface area contributed by atoms with Crippen LogP contribution in [0.1, 0.15) is 49.6 Å². The molecule has 0 unspecified atom stereocenters. The van der Waals surface area contributed by atoms with Crippen LogP contribution in [-0.2, 0) is 42.9 Å². The molecule has 1 N–H and O–H groups in total. The minimum absolute atomic E-state index is 0. The summed E-state index contributed by atoms with van der Waals surface area (Å²) in [6.07, 6.45) is 9.91. The van der Waals surface area contributed by atoms with Crippen molar-refractivity contribution in [2.45, 2.75) is 19.0 Å². The van der Waals surface area contributed by atoms with Crippen LogP contribution in [0, 0.1) is 10.7 Å². The zero-order valence-electron chi connectivity index (χ0n) is 40.0. The second kappa shape index (κ2) is 33.3. The maximum Gasteiger partial charge on any atom is 1.00 e. The number of fused-ring (bicyclic) bond motifs is 3. The summed E-state index contributed by atoms with van der Waals surface area (Å²) in [4.78, 5) is 58.2. The van der Waals surface area contributed by atoms with Crippen LogP contribution in [-0.4, -0.2) is 90.4 Å². The number of alkyl halides is 1. The van der Waals surface area contributed by atoms with E-state index >= 15 is 0 Å². The van der Waals surface area contributed by atoms with Gasteiger partial charge in [0.2, 0.25) is 0 Å². The molecule has 73 heavy (non-hydrogen) atoms. The number of carbonyl (C=O) groups excluding carboxylic acids is 4. The first-order valence-electron chi connectivity index (χ1n) is 19.9. The number of halogens is 7. The smallest absolute Gasteiger partial charge is 1.00 e. The van der Waals surface area contributed by atoms with Gasteiger partial charge in [-0.05, 0) is 139 Å². The Kier molecular flexibility index (Phi) is 29.8. The number of hydrogen-bond donors (Lipinski definition) is 1. The average molecular weight is 1460 g/mol. The summed E-state index contributed by atoms with van der Waals surface area (Å²) in [5, 5.41) is 27.9. The van der Waals surface area contributed by atoms with Gasteiger partial charge >= 0.3 is 121 Å². The van der Waals surface area contributed by atoms with Gasteiger partial charge in [0.05, 0.1) is 89.1 Å². The molecule has 0 aliphatic carbocycles. The van der Waals surface area contributed by atoms with Gasteiger partial charge in [-0.3, -0.25) is 34.2 Å². The van der Waals surface area contributed by atoms with Crippen LogP contribution in [0.2, 0.25) is 15.1 Å². The Hall–Kier alpha value is -2.02. The standard InChI is InChI=1S/2C15H11ClIN3O2.C10H7Cl2N.C5H5IN2O2.CH2O3.2K.H/c1-22-15(21)14-12(17)7-19-20(14)8-9-2-3-13-10(4-9)5-11(16)6-18-13;1-22-15(21)14-12(17)8-20(19-14)7-9-2-3-13-10(4-9)5-11(16)6-18-13;11-5-7-1-2-10-8(3-7)4-9(12)6-13-10;1-10-5(9)4-3(6)2-7-8-4;2-1-4-3;;;/h2-7H,8H2,1H3;2-6,8H,7H2,1H3;1-4,6H,5H2;2H,1H3,(H,7,8);1,3H;;;/q;;;;;2*+1;-1/p-1. The van der Waals surface area contributed by atoms with Crippen LogP contribution < -0.4 is 108 Å². The third-order valence-corrected chi connectivity index (χ3v) is 12.6. The molecule has 0 aliphatic rings. The molecule has 0 fully saturated rings. The number of rotatable bonds is 9. The Bertz CT molecular complexity index is 3330. The van der Waals surface area contributed by atoms with E-state index in [0.29, 0.717) is 51.1 Å². The first-order valence-corrected chi connectivity index (χ1v) is 24.8. The van der Waals surface area contributed by atoms with Crippen molar-refractivity contribution >= 4 is 171 Å². The number of pyridine rings is 3. The Balaban J connectivity index is 0.000000338. The number of H-pyrrole nitrogens is 1. The van der Waals surface area contributed by atoms with Crippen molar-refractivity contribution in [3.63, 3.8) is 0 Å². The summed E-state index contributed by atoms with van der Waals surface area (Å²) in [5.74, 6) is -0.699. The summed E-state index contributed by atoms with van der Waals surface area (Å²) in [7, 11) is 4.04. The monoisotopic (exact) mass is 1460 g/mol. The average Bonchev–Trinajstić information content (AvgIpc) is 4.09. The van der Waals surface area contributed by atoms with Gasteiger partial charge in [0, 0.05) is 46.8 Å². The molecular formula is C46H36Cl4I3K2N9O9. The summed E-state index contributed by atoms with van der Waals surface area (Å²) < 4.78 is 19.6. The minimum atomic E-state index is -0.433. The Labute approximate surface area is 564 Å². The molecule has 370 valence electrons.